The molecule has 1 fully saturated rings. The second kappa shape index (κ2) is 4.78. The van der Waals surface area contributed by atoms with E-state index in [1.54, 1.807) is 0 Å². The van der Waals surface area contributed by atoms with E-state index in [0.29, 0.717) is 5.91 Å². The zero-order valence-electron chi connectivity index (χ0n) is 9.60. The average molecular weight is 198 g/mol. The van der Waals surface area contributed by atoms with Gasteiger partial charge in [-0.2, -0.15) is 0 Å². The second-order valence-corrected chi connectivity index (χ2v) is 4.39. The van der Waals surface area contributed by atoms with Crippen molar-refractivity contribution < 1.29 is 4.79 Å². The van der Waals surface area contributed by atoms with Crippen molar-refractivity contribution in [1.29, 1.82) is 0 Å². The van der Waals surface area contributed by atoms with Crippen LogP contribution in [0.25, 0.3) is 0 Å². The molecule has 0 saturated heterocycles. The Labute approximate surface area is 86.9 Å². The molecule has 0 atom stereocenters. The van der Waals surface area contributed by atoms with Gasteiger partial charge in [0.05, 0.1) is 5.41 Å². The number of amides is 1. The molecule has 1 saturated carbocycles. The summed E-state index contributed by atoms with van der Waals surface area (Å²) >= 11 is 0. The summed E-state index contributed by atoms with van der Waals surface area (Å²) in [7, 11) is 3.84. The van der Waals surface area contributed by atoms with Gasteiger partial charge in [-0.15, -0.1) is 0 Å². The molecule has 0 aromatic carbocycles. The van der Waals surface area contributed by atoms with Crippen molar-refractivity contribution in [2.45, 2.75) is 32.6 Å². The highest BCUT2D eigenvalue weighted by molar-refractivity contribution is 5.83. The molecule has 0 aliphatic heterocycles. The Morgan fingerprint density at radius 3 is 2.50 bits per heavy atom. The van der Waals surface area contributed by atoms with Crippen LogP contribution in [0.15, 0.2) is 0 Å². The molecule has 1 amide bonds. The predicted molar refractivity (Wildman–Crippen MR) is 58.1 cm³/mol. The van der Waals surface area contributed by atoms with Crippen LogP contribution in [0.3, 0.4) is 0 Å². The molecule has 1 aliphatic rings. The summed E-state index contributed by atoms with van der Waals surface area (Å²) in [5, 5.41) is 3.14. The molecule has 1 rings (SSSR count). The van der Waals surface area contributed by atoms with E-state index in [1.165, 1.54) is 6.42 Å². The number of carbonyl (C=O) groups excluding carboxylic acids is 1. The minimum absolute atomic E-state index is 0.0708. The minimum atomic E-state index is -0.0708. The van der Waals surface area contributed by atoms with E-state index < -0.39 is 0 Å². The minimum Gasteiger partial charge on any atom is -0.345 e. The third-order valence-corrected chi connectivity index (χ3v) is 3.19. The van der Waals surface area contributed by atoms with Crippen LogP contribution in [0.1, 0.15) is 32.6 Å². The standard InChI is InChI=1S/C11H22N2O/c1-4-8-13(3)10(14)11(9-12-2)6-5-7-11/h12H,4-9H2,1-3H3. The van der Waals surface area contributed by atoms with Crippen molar-refractivity contribution in [3.8, 4) is 0 Å². The maximum absolute atomic E-state index is 12.1. The lowest BCUT2D eigenvalue weighted by molar-refractivity contribution is -0.145. The fourth-order valence-electron chi connectivity index (χ4n) is 2.25. The van der Waals surface area contributed by atoms with Crippen molar-refractivity contribution in [3.05, 3.63) is 0 Å². The van der Waals surface area contributed by atoms with Crippen molar-refractivity contribution in [2.75, 3.05) is 27.2 Å². The lowest BCUT2D eigenvalue weighted by atomic mass is 9.67. The van der Waals surface area contributed by atoms with E-state index in [1.807, 2.05) is 19.0 Å². The Balaban J connectivity index is 2.55. The van der Waals surface area contributed by atoms with Crippen LogP contribution in [0, 0.1) is 5.41 Å². The number of hydrogen-bond acceptors (Lipinski definition) is 2. The van der Waals surface area contributed by atoms with Crippen LogP contribution in [-0.4, -0.2) is 38.0 Å². The van der Waals surface area contributed by atoms with Gasteiger partial charge in [0.1, 0.15) is 0 Å². The Hall–Kier alpha value is -0.570. The smallest absolute Gasteiger partial charge is 0.229 e. The van der Waals surface area contributed by atoms with E-state index >= 15 is 0 Å². The van der Waals surface area contributed by atoms with Gasteiger partial charge in [-0.25, -0.2) is 0 Å². The number of nitrogens with zero attached hydrogens (tertiary/aromatic N) is 1. The van der Waals surface area contributed by atoms with Crippen LogP contribution in [0.5, 0.6) is 0 Å². The molecule has 0 heterocycles. The van der Waals surface area contributed by atoms with Crippen molar-refractivity contribution in [1.82, 2.24) is 10.2 Å². The quantitative estimate of drug-likeness (QED) is 0.721. The third kappa shape index (κ3) is 2.08. The molecule has 3 heteroatoms. The fraction of sp³-hybridized carbons (Fsp3) is 0.909. The lowest BCUT2D eigenvalue weighted by Gasteiger charge is -2.42. The summed E-state index contributed by atoms with van der Waals surface area (Å²) in [4.78, 5) is 14.0. The zero-order valence-corrected chi connectivity index (χ0v) is 9.60. The number of nitrogens with one attached hydrogen (secondary N) is 1. The highest BCUT2D eigenvalue weighted by Crippen LogP contribution is 2.41. The van der Waals surface area contributed by atoms with Gasteiger partial charge in [-0.1, -0.05) is 13.3 Å². The van der Waals surface area contributed by atoms with E-state index in [-0.39, 0.29) is 5.41 Å². The first-order valence-corrected chi connectivity index (χ1v) is 5.56. The summed E-state index contributed by atoms with van der Waals surface area (Å²) in [6.45, 7) is 3.82. The Kier molecular flexibility index (Phi) is 3.93. The number of carbonyl (C=O) groups is 1. The molecule has 3 nitrogen and oxygen atoms in total. The molecular formula is C11H22N2O. The van der Waals surface area contributed by atoms with Gasteiger partial charge in [-0.05, 0) is 26.3 Å². The molecule has 0 unspecified atom stereocenters. The lowest BCUT2D eigenvalue weighted by Crippen LogP contribution is -2.51. The van der Waals surface area contributed by atoms with Gasteiger partial charge in [0.2, 0.25) is 5.91 Å². The molecule has 0 aromatic rings. The van der Waals surface area contributed by atoms with Crippen molar-refractivity contribution >= 4 is 5.91 Å². The molecular weight excluding hydrogens is 176 g/mol. The molecule has 1 aliphatic carbocycles. The van der Waals surface area contributed by atoms with Gasteiger partial charge in [0, 0.05) is 20.1 Å². The SMILES string of the molecule is CCCN(C)C(=O)C1(CNC)CCC1. The molecule has 0 radical (unpaired) electrons. The van der Waals surface area contributed by atoms with Crippen LogP contribution >= 0.6 is 0 Å². The fourth-order valence-corrected chi connectivity index (χ4v) is 2.25. The van der Waals surface area contributed by atoms with Gasteiger partial charge in [0.15, 0.2) is 0 Å². The van der Waals surface area contributed by atoms with E-state index in [2.05, 4.69) is 12.2 Å². The van der Waals surface area contributed by atoms with Gasteiger partial charge >= 0.3 is 0 Å². The predicted octanol–water partition coefficient (Wildman–Crippen LogP) is 1.24. The van der Waals surface area contributed by atoms with Crippen molar-refractivity contribution in [2.24, 2.45) is 5.41 Å². The average Bonchev–Trinajstić information content (AvgIpc) is 2.10. The monoisotopic (exact) mass is 198 g/mol. The summed E-state index contributed by atoms with van der Waals surface area (Å²) in [5.41, 5.74) is -0.0708. The maximum atomic E-state index is 12.1. The Morgan fingerprint density at radius 2 is 2.14 bits per heavy atom. The first-order chi connectivity index (χ1) is 6.66. The molecule has 82 valence electrons. The topological polar surface area (TPSA) is 32.3 Å². The number of rotatable bonds is 5. The van der Waals surface area contributed by atoms with Crippen LogP contribution in [0.2, 0.25) is 0 Å². The van der Waals surface area contributed by atoms with Crippen LogP contribution in [-0.2, 0) is 4.79 Å². The zero-order chi connectivity index (χ0) is 10.6. The largest absolute Gasteiger partial charge is 0.345 e. The third-order valence-electron chi connectivity index (χ3n) is 3.19. The van der Waals surface area contributed by atoms with E-state index in [0.717, 1.165) is 32.4 Å². The van der Waals surface area contributed by atoms with Crippen LogP contribution < -0.4 is 5.32 Å². The van der Waals surface area contributed by atoms with Gasteiger partial charge in [0.25, 0.3) is 0 Å². The summed E-state index contributed by atoms with van der Waals surface area (Å²) in [6, 6.07) is 0. The Bertz CT molecular complexity index is 199. The highest BCUT2D eigenvalue weighted by atomic mass is 16.2. The number of hydrogen-bond donors (Lipinski definition) is 1. The van der Waals surface area contributed by atoms with E-state index in [9.17, 15) is 4.79 Å². The first kappa shape index (κ1) is 11.5. The molecule has 0 aromatic heterocycles. The molecule has 0 spiro atoms. The summed E-state index contributed by atoms with van der Waals surface area (Å²) < 4.78 is 0. The first-order valence-electron chi connectivity index (χ1n) is 5.56. The molecule has 14 heavy (non-hydrogen) atoms. The van der Waals surface area contributed by atoms with Crippen molar-refractivity contribution in [3.63, 3.8) is 0 Å². The van der Waals surface area contributed by atoms with Crippen LogP contribution in [0.4, 0.5) is 0 Å². The summed E-state index contributed by atoms with van der Waals surface area (Å²) in [6.07, 6.45) is 4.35. The maximum Gasteiger partial charge on any atom is 0.229 e. The Morgan fingerprint density at radius 1 is 1.50 bits per heavy atom. The second-order valence-electron chi connectivity index (χ2n) is 4.39. The molecule has 1 N–H and O–H groups in total. The van der Waals surface area contributed by atoms with Gasteiger partial charge < -0.3 is 10.2 Å². The molecule has 0 bridgehead atoms. The van der Waals surface area contributed by atoms with Gasteiger partial charge in [-0.3, -0.25) is 4.79 Å². The normalized spacial score (nSPS) is 18.8. The van der Waals surface area contributed by atoms with E-state index in [4.69, 9.17) is 0 Å². The highest BCUT2D eigenvalue weighted by Gasteiger charge is 2.44. The summed E-state index contributed by atoms with van der Waals surface area (Å²) in [5.74, 6) is 0.333.